The number of carbonyl (C=O) groups is 1. The van der Waals surface area contributed by atoms with Crippen LogP contribution in [-0.4, -0.2) is 62.7 Å². The van der Waals surface area contributed by atoms with Gasteiger partial charge in [-0.25, -0.2) is 8.42 Å². The third kappa shape index (κ3) is 6.33. The molecule has 0 radical (unpaired) electrons. The number of ether oxygens (including phenoxy) is 1. The lowest BCUT2D eigenvalue weighted by Crippen LogP contribution is -2.48. The molecule has 9 heteroatoms. The van der Waals surface area contributed by atoms with Gasteiger partial charge >= 0.3 is 6.61 Å². The highest BCUT2D eigenvalue weighted by molar-refractivity contribution is 7.90. The zero-order valence-electron chi connectivity index (χ0n) is 19.2. The number of likely N-dealkylation sites (tertiary alicyclic amines) is 1. The van der Waals surface area contributed by atoms with Crippen LogP contribution in [0.2, 0.25) is 0 Å². The Labute approximate surface area is 199 Å². The average Bonchev–Trinajstić information content (AvgIpc) is 3.62. The minimum absolute atomic E-state index is 0.0684. The number of sulfone groups is 1. The van der Waals surface area contributed by atoms with Gasteiger partial charge in [0.15, 0.2) is 9.84 Å². The highest BCUT2D eigenvalue weighted by Gasteiger charge is 2.33. The molecule has 2 aromatic rings. The van der Waals surface area contributed by atoms with E-state index in [0.29, 0.717) is 24.6 Å². The predicted molar refractivity (Wildman–Crippen MR) is 125 cm³/mol. The van der Waals surface area contributed by atoms with Gasteiger partial charge in [-0.05, 0) is 61.9 Å². The van der Waals surface area contributed by atoms with Crippen molar-refractivity contribution in [3.05, 3.63) is 59.7 Å². The maximum absolute atomic E-state index is 13.4. The second-order valence-corrected chi connectivity index (χ2v) is 11.2. The molecule has 1 aliphatic carbocycles. The largest absolute Gasteiger partial charge is 0.434 e. The Balaban J connectivity index is 1.41. The predicted octanol–water partition coefficient (Wildman–Crippen LogP) is 4.21. The fraction of sp³-hybridized carbons (Fsp3) is 0.480. The van der Waals surface area contributed by atoms with Crippen LogP contribution in [0.3, 0.4) is 0 Å². The van der Waals surface area contributed by atoms with Crippen LogP contribution < -0.4 is 4.74 Å². The standard InChI is InChI=1S/C25H30F2N2O4S/c1-34(31,32)22-10-8-19(9-11-22)24(30)29(16-18-6-7-18)21-12-14-28(15-13-21)17-20-4-2-3-5-23(20)33-25(26)27/h2-5,8-11,18,21,25H,6-7,12-17H2,1H3. The van der Waals surface area contributed by atoms with E-state index in [1.807, 2.05) is 11.0 Å². The third-order valence-electron chi connectivity index (χ3n) is 6.52. The molecule has 2 aliphatic rings. The van der Waals surface area contributed by atoms with E-state index >= 15 is 0 Å². The van der Waals surface area contributed by atoms with Crippen molar-refractivity contribution in [1.29, 1.82) is 0 Å². The highest BCUT2D eigenvalue weighted by Crippen LogP contribution is 2.33. The number of halogens is 2. The summed E-state index contributed by atoms with van der Waals surface area (Å²) in [5.74, 6) is 0.652. The van der Waals surface area contributed by atoms with Crippen LogP contribution in [0.1, 0.15) is 41.6 Å². The number of benzene rings is 2. The first-order valence-electron chi connectivity index (χ1n) is 11.6. The van der Waals surface area contributed by atoms with Crippen molar-refractivity contribution < 1.29 is 26.7 Å². The zero-order chi connectivity index (χ0) is 24.3. The van der Waals surface area contributed by atoms with Crippen molar-refractivity contribution in [2.45, 2.75) is 49.8 Å². The summed E-state index contributed by atoms with van der Waals surface area (Å²) < 4.78 is 53.6. The molecular formula is C25H30F2N2O4S. The lowest BCUT2D eigenvalue weighted by Gasteiger charge is -2.39. The van der Waals surface area contributed by atoms with E-state index in [0.717, 1.165) is 50.6 Å². The summed E-state index contributed by atoms with van der Waals surface area (Å²) in [5.41, 5.74) is 1.21. The van der Waals surface area contributed by atoms with Gasteiger partial charge in [-0.15, -0.1) is 0 Å². The van der Waals surface area contributed by atoms with Gasteiger partial charge in [0.1, 0.15) is 5.75 Å². The maximum atomic E-state index is 13.4. The van der Waals surface area contributed by atoms with Crippen molar-refractivity contribution in [2.75, 3.05) is 25.9 Å². The topological polar surface area (TPSA) is 66.9 Å². The SMILES string of the molecule is CS(=O)(=O)c1ccc(C(=O)N(CC2CC2)C2CCN(Cc3ccccc3OC(F)F)CC2)cc1. The van der Waals surface area contributed by atoms with Crippen molar-refractivity contribution in [3.63, 3.8) is 0 Å². The second kappa shape index (κ2) is 10.4. The molecule has 4 rings (SSSR count). The zero-order valence-corrected chi connectivity index (χ0v) is 20.0. The fourth-order valence-electron chi connectivity index (χ4n) is 4.46. The molecule has 1 saturated heterocycles. The van der Waals surface area contributed by atoms with Gasteiger partial charge in [-0.1, -0.05) is 18.2 Å². The summed E-state index contributed by atoms with van der Waals surface area (Å²) in [6, 6.07) is 13.1. The first-order chi connectivity index (χ1) is 16.2. The molecule has 1 heterocycles. The number of carbonyl (C=O) groups excluding carboxylic acids is 1. The Morgan fingerprint density at radius 1 is 1.06 bits per heavy atom. The van der Waals surface area contributed by atoms with Crippen LogP contribution in [0.5, 0.6) is 5.75 Å². The Morgan fingerprint density at radius 3 is 2.29 bits per heavy atom. The van der Waals surface area contributed by atoms with Gasteiger partial charge in [0.25, 0.3) is 5.91 Å². The van der Waals surface area contributed by atoms with Crippen LogP contribution in [0.4, 0.5) is 8.78 Å². The smallest absolute Gasteiger partial charge is 0.387 e. The molecular weight excluding hydrogens is 462 g/mol. The van der Waals surface area contributed by atoms with Gasteiger partial charge in [-0.3, -0.25) is 9.69 Å². The molecule has 1 aliphatic heterocycles. The molecule has 34 heavy (non-hydrogen) atoms. The van der Waals surface area contributed by atoms with E-state index in [2.05, 4.69) is 9.64 Å². The first-order valence-corrected chi connectivity index (χ1v) is 13.5. The average molecular weight is 493 g/mol. The fourth-order valence-corrected chi connectivity index (χ4v) is 5.09. The molecule has 1 saturated carbocycles. The highest BCUT2D eigenvalue weighted by atomic mass is 32.2. The van der Waals surface area contributed by atoms with Crippen LogP contribution in [-0.2, 0) is 16.4 Å². The third-order valence-corrected chi connectivity index (χ3v) is 7.65. The van der Waals surface area contributed by atoms with Crippen molar-refractivity contribution in [3.8, 4) is 5.75 Å². The van der Waals surface area contributed by atoms with Gasteiger partial charge in [0.2, 0.25) is 0 Å². The minimum atomic E-state index is -3.32. The number of hydrogen-bond donors (Lipinski definition) is 0. The van der Waals surface area contributed by atoms with E-state index in [1.54, 1.807) is 30.3 Å². The van der Waals surface area contributed by atoms with E-state index in [9.17, 15) is 22.0 Å². The van der Waals surface area contributed by atoms with Crippen LogP contribution in [0.25, 0.3) is 0 Å². The van der Waals surface area contributed by atoms with Crippen LogP contribution >= 0.6 is 0 Å². The number of para-hydroxylation sites is 1. The van der Waals surface area contributed by atoms with Crippen molar-refractivity contribution in [2.24, 2.45) is 5.92 Å². The number of nitrogens with zero attached hydrogens (tertiary/aromatic N) is 2. The summed E-state index contributed by atoms with van der Waals surface area (Å²) in [6.45, 7) is -0.147. The maximum Gasteiger partial charge on any atom is 0.387 e. The summed E-state index contributed by atoms with van der Waals surface area (Å²) in [4.78, 5) is 17.7. The lowest BCUT2D eigenvalue weighted by molar-refractivity contribution is -0.0508. The number of alkyl halides is 2. The molecule has 6 nitrogen and oxygen atoms in total. The van der Waals surface area contributed by atoms with Gasteiger partial charge in [-0.2, -0.15) is 8.78 Å². The molecule has 0 aromatic heterocycles. The molecule has 0 spiro atoms. The minimum Gasteiger partial charge on any atom is -0.434 e. The molecule has 184 valence electrons. The summed E-state index contributed by atoms with van der Waals surface area (Å²) in [5, 5.41) is 0. The molecule has 2 fully saturated rings. The molecule has 0 N–H and O–H groups in total. The van der Waals surface area contributed by atoms with Crippen molar-refractivity contribution in [1.82, 2.24) is 9.80 Å². The number of rotatable bonds is 9. The Hall–Kier alpha value is -2.52. The van der Waals surface area contributed by atoms with Crippen LogP contribution in [0, 0.1) is 5.92 Å². The van der Waals surface area contributed by atoms with E-state index < -0.39 is 16.4 Å². The molecule has 0 unspecified atom stereocenters. The summed E-state index contributed by atoms with van der Waals surface area (Å²) in [7, 11) is -3.32. The first kappa shape index (κ1) is 24.6. The quantitative estimate of drug-likeness (QED) is 0.525. The monoisotopic (exact) mass is 492 g/mol. The molecule has 1 amide bonds. The van der Waals surface area contributed by atoms with E-state index in [-0.39, 0.29) is 22.6 Å². The van der Waals surface area contributed by atoms with Gasteiger partial charge < -0.3 is 9.64 Å². The molecule has 2 aromatic carbocycles. The summed E-state index contributed by atoms with van der Waals surface area (Å²) in [6.07, 6.45) is 4.97. The van der Waals surface area contributed by atoms with Crippen LogP contribution in [0.15, 0.2) is 53.4 Å². The number of amides is 1. The van der Waals surface area contributed by atoms with Gasteiger partial charge in [0, 0.05) is 49.6 Å². The molecule has 0 atom stereocenters. The molecule has 0 bridgehead atoms. The Morgan fingerprint density at radius 2 is 1.71 bits per heavy atom. The van der Waals surface area contributed by atoms with E-state index in [4.69, 9.17) is 0 Å². The Kier molecular flexibility index (Phi) is 7.52. The van der Waals surface area contributed by atoms with E-state index in [1.165, 1.54) is 12.1 Å². The van der Waals surface area contributed by atoms with Gasteiger partial charge in [0.05, 0.1) is 4.90 Å². The number of hydrogen-bond acceptors (Lipinski definition) is 5. The normalized spacial score (nSPS) is 17.6. The lowest BCUT2D eigenvalue weighted by atomic mass is 10.0. The van der Waals surface area contributed by atoms with Crippen molar-refractivity contribution >= 4 is 15.7 Å². The number of piperidine rings is 1. The second-order valence-electron chi connectivity index (χ2n) is 9.19. The Bertz CT molecular complexity index is 1100. The summed E-state index contributed by atoms with van der Waals surface area (Å²) >= 11 is 0.